The van der Waals surface area contributed by atoms with Gasteiger partial charge in [-0.1, -0.05) is 34.1 Å². The summed E-state index contributed by atoms with van der Waals surface area (Å²) in [5.74, 6) is -0.270. The van der Waals surface area contributed by atoms with E-state index < -0.39 is 17.7 Å². The van der Waals surface area contributed by atoms with Crippen LogP contribution in [0.4, 0.5) is 0 Å². The van der Waals surface area contributed by atoms with Crippen LogP contribution in [0.25, 0.3) is 0 Å². The number of likely N-dealkylation sites (N-methyl/N-ethyl adjacent to an activating group) is 1. The first kappa shape index (κ1) is 23.9. The highest BCUT2D eigenvalue weighted by atomic mass is 16.6. The fourth-order valence-corrected chi connectivity index (χ4v) is 2.80. The van der Waals surface area contributed by atoms with Crippen LogP contribution in [0.2, 0.25) is 0 Å². The molecular weight excluding hydrogens is 320 g/mol. The van der Waals surface area contributed by atoms with Crippen molar-refractivity contribution in [2.45, 2.75) is 85.1 Å². The van der Waals surface area contributed by atoms with Crippen molar-refractivity contribution in [1.29, 1.82) is 0 Å². The summed E-state index contributed by atoms with van der Waals surface area (Å²) in [7, 11) is 3.30. The third-order valence-corrected chi connectivity index (χ3v) is 4.50. The number of ether oxygens (including phenoxy) is 2. The van der Waals surface area contributed by atoms with Gasteiger partial charge >= 0.3 is 5.97 Å². The number of carbonyl (C=O) groups is 2. The van der Waals surface area contributed by atoms with Crippen molar-refractivity contribution in [1.82, 2.24) is 4.90 Å². The van der Waals surface area contributed by atoms with Crippen molar-refractivity contribution >= 4 is 11.9 Å². The Hall–Kier alpha value is -1.14. The van der Waals surface area contributed by atoms with Gasteiger partial charge in [-0.3, -0.25) is 9.59 Å². The topological polar surface area (TPSA) is 81.9 Å². The summed E-state index contributed by atoms with van der Waals surface area (Å²) in [6, 6.07) is -0.824. The molecule has 0 fully saturated rings. The van der Waals surface area contributed by atoms with Crippen molar-refractivity contribution in [3.63, 3.8) is 0 Å². The molecule has 2 N–H and O–H groups in total. The molecule has 0 aliphatic heterocycles. The maximum atomic E-state index is 12.7. The average Bonchev–Trinajstić information content (AvgIpc) is 2.49. The molecule has 0 bridgehead atoms. The second-order valence-electron chi connectivity index (χ2n) is 8.16. The lowest BCUT2D eigenvalue weighted by atomic mass is 9.90. The normalized spacial score (nSPS) is 16.9. The molecule has 0 heterocycles. The Kier molecular flexibility index (Phi) is 9.66. The molecule has 0 aliphatic rings. The molecule has 0 aromatic rings. The molecule has 0 saturated carbocycles. The number of amides is 1. The van der Waals surface area contributed by atoms with Crippen LogP contribution in [0.1, 0.15) is 61.3 Å². The van der Waals surface area contributed by atoms with Gasteiger partial charge in [0, 0.05) is 14.2 Å². The highest BCUT2D eigenvalue weighted by molar-refractivity contribution is 5.82. The average molecular weight is 359 g/mol. The summed E-state index contributed by atoms with van der Waals surface area (Å²) in [6.07, 6.45) is 0.503. The van der Waals surface area contributed by atoms with Gasteiger partial charge in [-0.25, -0.2) is 0 Å². The minimum absolute atomic E-state index is 0.0411. The van der Waals surface area contributed by atoms with E-state index in [4.69, 9.17) is 15.2 Å². The molecule has 0 aromatic heterocycles. The minimum atomic E-state index is -0.574. The Morgan fingerprint density at radius 1 is 1.16 bits per heavy atom. The van der Waals surface area contributed by atoms with Crippen LogP contribution in [0.15, 0.2) is 0 Å². The number of rotatable bonds is 9. The van der Waals surface area contributed by atoms with E-state index in [1.165, 1.54) is 0 Å². The molecule has 6 heteroatoms. The molecule has 25 heavy (non-hydrogen) atoms. The molecule has 1 unspecified atom stereocenters. The first-order valence-electron chi connectivity index (χ1n) is 9.12. The third-order valence-electron chi connectivity index (χ3n) is 4.50. The number of hydrogen-bond acceptors (Lipinski definition) is 5. The second-order valence-corrected chi connectivity index (χ2v) is 8.16. The van der Waals surface area contributed by atoms with E-state index in [1.54, 1.807) is 19.1 Å². The molecular formula is C19H38N2O4. The molecule has 0 aromatic carbocycles. The summed E-state index contributed by atoms with van der Waals surface area (Å²) in [5, 5.41) is 0. The molecule has 0 rings (SSSR count). The van der Waals surface area contributed by atoms with Gasteiger partial charge in [-0.2, -0.15) is 0 Å². The zero-order chi connectivity index (χ0) is 19.9. The first-order valence-corrected chi connectivity index (χ1v) is 9.12. The lowest BCUT2D eigenvalue weighted by molar-refractivity contribution is -0.160. The monoisotopic (exact) mass is 358 g/mol. The molecule has 0 aliphatic carbocycles. The van der Waals surface area contributed by atoms with Crippen LogP contribution in [-0.4, -0.2) is 54.7 Å². The molecule has 0 spiro atoms. The van der Waals surface area contributed by atoms with Gasteiger partial charge in [0.1, 0.15) is 5.60 Å². The lowest BCUT2D eigenvalue weighted by Gasteiger charge is -2.39. The second kappa shape index (κ2) is 10.1. The van der Waals surface area contributed by atoms with Gasteiger partial charge in [0.05, 0.1) is 24.6 Å². The molecule has 148 valence electrons. The van der Waals surface area contributed by atoms with Crippen LogP contribution in [0, 0.1) is 11.8 Å². The van der Waals surface area contributed by atoms with E-state index in [-0.39, 0.29) is 36.2 Å². The number of nitrogens with two attached hydrogens (primary N) is 1. The van der Waals surface area contributed by atoms with Crippen molar-refractivity contribution < 1.29 is 19.1 Å². The molecule has 4 atom stereocenters. The number of esters is 1. The van der Waals surface area contributed by atoms with Gasteiger partial charge < -0.3 is 20.1 Å². The zero-order valence-corrected chi connectivity index (χ0v) is 17.5. The highest BCUT2D eigenvalue weighted by Gasteiger charge is 2.36. The van der Waals surface area contributed by atoms with Crippen LogP contribution < -0.4 is 5.73 Å². The number of nitrogens with zero attached hydrogens (tertiary/aromatic N) is 1. The summed E-state index contributed by atoms with van der Waals surface area (Å²) in [5.41, 5.74) is 5.49. The first-order chi connectivity index (χ1) is 11.4. The molecule has 0 saturated heterocycles. The van der Waals surface area contributed by atoms with Crippen LogP contribution >= 0.6 is 0 Å². The van der Waals surface area contributed by atoms with Crippen LogP contribution in [0.5, 0.6) is 0 Å². The smallest absolute Gasteiger partial charge is 0.309 e. The Balaban J connectivity index is 5.39. The Labute approximate surface area is 153 Å². The quantitative estimate of drug-likeness (QED) is 0.641. The van der Waals surface area contributed by atoms with Crippen LogP contribution in [-0.2, 0) is 19.1 Å². The predicted molar refractivity (Wildman–Crippen MR) is 100 cm³/mol. The van der Waals surface area contributed by atoms with Crippen molar-refractivity contribution in [3.8, 4) is 0 Å². The molecule has 0 radical (unpaired) electrons. The van der Waals surface area contributed by atoms with E-state index in [9.17, 15) is 9.59 Å². The number of hydrogen-bond donors (Lipinski definition) is 1. The maximum Gasteiger partial charge on any atom is 0.309 e. The largest absolute Gasteiger partial charge is 0.460 e. The molecule has 1 amide bonds. The van der Waals surface area contributed by atoms with Crippen molar-refractivity contribution in [3.05, 3.63) is 0 Å². The van der Waals surface area contributed by atoms with E-state index >= 15 is 0 Å². The number of carbonyl (C=O) groups excluding carboxylic acids is 2. The van der Waals surface area contributed by atoms with Crippen molar-refractivity contribution in [2.75, 3.05) is 14.2 Å². The van der Waals surface area contributed by atoms with Gasteiger partial charge in [0.2, 0.25) is 5.91 Å². The predicted octanol–water partition coefficient (Wildman–Crippen LogP) is 2.59. The summed E-state index contributed by atoms with van der Waals surface area (Å²) in [6.45, 7) is 13.4. The van der Waals surface area contributed by atoms with E-state index in [0.29, 0.717) is 0 Å². The Morgan fingerprint density at radius 2 is 1.68 bits per heavy atom. The van der Waals surface area contributed by atoms with Crippen LogP contribution in [0.3, 0.4) is 0 Å². The minimum Gasteiger partial charge on any atom is -0.460 e. The lowest BCUT2D eigenvalue weighted by Crippen LogP contribution is -2.55. The van der Waals surface area contributed by atoms with Gasteiger partial charge in [0.15, 0.2) is 0 Å². The summed E-state index contributed by atoms with van der Waals surface area (Å²) >= 11 is 0. The fourth-order valence-electron chi connectivity index (χ4n) is 2.80. The SMILES string of the molecule is CC[C@H](C)[C@@H]([C@@H](CC(=O)OC(C)(C)C)OC)N(C)C(=O)C(N)C(C)C. The van der Waals surface area contributed by atoms with E-state index in [1.807, 2.05) is 34.6 Å². The zero-order valence-electron chi connectivity index (χ0n) is 17.5. The van der Waals surface area contributed by atoms with E-state index in [0.717, 1.165) is 6.42 Å². The Morgan fingerprint density at radius 3 is 2.04 bits per heavy atom. The van der Waals surface area contributed by atoms with Gasteiger partial charge in [-0.05, 0) is 32.6 Å². The fraction of sp³-hybridized carbons (Fsp3) is 0.895. The standard InChI is InChI=1S/C19H38N2O4/c1-10-13(4)17(21(8)18(23)16(20)12(2)3)14(24-9)11-15(22)25-19(5,6)7/h12-14,16-17H,10-11,20H2,1-9H3/t13-,14+,16?,17-/m0/s1. The number of methoxy groups -OCH3 is 1. The van der Waals surface area contributed by atoms with Crippen molar-refractivity contribution in [2.24, 2.45) is 17.6 Å². The van der Waals surface area contributed by atoms with E-state index in [2.05, 4.69) is 13.8 Å². The Bertz CT molecular complexity index is 432. The summed E-state index contributed by atoms with van der Waals surface area (Å²) < 4.78 is 11.0. The molecule has 6 nitrogen and oxygen atoms in total. The van der Waals surface area contributed by atoms with Gasteiger partial charge in [-0.15, -0.1) is 0 Å². The third kappa shape index (κ3) is 7.74. The highest BCUT2D eigenvalue weighted by Crippen LogP contribution is 2.23. The maximum absolute atomic E-state index is 12.7. The van der Waals surface area contributed by atoms with Gasteiger partial charge in [0.25, 0.3) is 0 Å². The summed E-state index contributed by atoms with van der Waals surface area (Å²) in [4.78, 5) is 26.6.